The van der Waals surface area contributed by atoms with E-state index in [2.05, 4.69) is 72.0 Å². The molecule has 11 nitrogen and oxygen atoms in total. The molecule has 1 aliphatic carbocycles. The van der Waals surface area contributed by atoms with E-state index in [1.807, 2.05) is 32.0 Å². The molecule has 2 fully saturated rings. The first-order chi connectivity index (χ1) is 26.0. The highest BCUT2D eigenvalue weighted by Crippen LogP contribution is 2.58. The number of rotatable bonds is 5. The molecule has 0 spiro atoms. The molecule has 4 aromatic carbocycles. The predicted molar refractivity (Wildman–Crippen MR) is 200 cm³/mol. The van der Waals surface area contributed by atoms with Gasteiger partial charge in [-0.05, 0) is 90.3 Å². The molecule has 0 saturated carbocycles. The second-order valence-corrected chi connectivity index (χ2v) is 14.8. The van der Waals surface area contributed by atoms with Crippen molar-refractivity contribution in [1.82, 2.24) is 9.80 Å². The maximum Gasteiger partial charge on any atom is 0.411 e. The van der Waals surface area contributed by atoms with Gasteiger partial charge in [0.05, 0.1) is 39.9 Å². The minimum Gasteiger partial charge on any atom is -0.467 e. The lowest BCUT2D eigenvalue weighted by Gasteiger charge is -2.33. The molecule has 278 valence electrons. The van der Waals surface area contributed by atoms with Crippen molar-refractivity contribution >= 4 is 29.8 Å². The summed E-state index contributed by atoms with van der Waals surface area (Å²) < 4.78 is 20.9. The van der Waals surface area contributed by atoms with Crippen molar-refractivity contribution in [3.63, 3.8) is 0 Å². The van der Waals surface area contributed by atoms with Gasteiger partial charge in [-0.1, -0.05) is 77.9 Å². The van der Waals surface area contributed by atoms with E-state index in [0.29, 0.717) is 12.8 Å². The van der Waals surface area contributed by atoms with Gasteiger partial charge < -0.3 is 24.3 Å². The van der Waals surface area contributed by atoms with Gasteiger partial charge in [0.25, 0.3) is 0 Å². The standard InChI is InChI=1S/C43H43N3O8/c1-24-7-14-29(15-8-24)42-22-34(37(47)51-3)45(40(49)53-5)36(42)21-28-12-11-26(19-31(28)42)27-13-18-33-32(20-27)43(30-16-9-25(2)10-17-30)23-35(38(48)52-4)46(39(43)44-33)41(50)54-6/h7-20,34-36,39,44H,21-23H2,1-6H3/t34-,35-,36+,39-,42+,43+/m0/s1. The van der Waals surface area contributed by atoms with Crippen LogP contribution in [0.4, 0.5) is 15.3 Å². The lowest BCUT2D eigenvalue weighted by Crippen LogP contribution is -2.50. The maximum atomic E-state index is 13.4. The van der Waals surface area contributed by atoms with E-state index in [4.69, 9.17) is 18.9 Å². The van der Waals surface area contributed by atoms with Crippen LogP contribution in [0.3, 0.4) is 0 Å². The molecule has 3 aliphatic heterocycles. The highest BCUT2D eigenvalue weighted by Gasteiger charge is 2.63. The summed E-state index contributed by atoms with van der Waals surface area (Å²) in [6.07, 6.45) is -0.650. The van der Waals surface area contributed by atoms with Crippen LogP contribution in [0.1, 0.15) is 51.8 Å². The average Bonchev–Trinajstić information content (AvgIpc) is 3.90. The Bertz CT molecular complexity index is 2030. The molecule has 0 unspecified atom stereocenters. The third-order valence-electron chi connectivity index (χ3n) is 12.3. The van der Waals surface area contributed by atoms with E-state index in [-0.39, 0.29) is 12.5 Å². The predicted octanol–water partition coefficient (Wildman–Crippen LogP) is 6.25. The lowest BCUT2D eigenvalue weighted by molar-refractivity contribution is -0.146. The fraction of sp³-hybridized carbons (Fsp3) is 0.349. The molecular formula is C43H43N3O8. The topological polar surface area (TPSA) is 124 Å². The molecule has 4 aromatic rings. The maximum absolute atomic E-state index is 13.4. The molecular weight excluding hydrogens is 686 g/mol. The molecule has 0 bridgehead atoms. The lowest BCUT2D eigenvalue weighted by atomic mass is 9.70. The number of esters is 2. The number of likely N-dealkylation sites (tertiary alicyclic amines) is 2. The Morgan fingerprint density at radius 2 is 1.11 bits per heavy atom. The highest BCUT2D eigenvalue weighted by molar-refractivity contribution is 5.87. The van der Waals surface area contributed by atoms with Crippen molar-refractivity contribution in [2.75, 3.05) is 33.8 Å². The molecule has 1 N–H and O–H groups in total. The van der Waals surface area contributed by atoms with Crippen molar-refractivity contribution in [2.24, 2.45) is 0 Å². The summed E-state index contributed by atoms with van der Waals surface area (Å²) >= 11 is 0. The fourth-order valence-corrected chi connectivity index (χ4v) is 9.82. The Morgan fingerprint density at radius 3 is 1.69 bits per heavy atom. The largest absolute Gasteiger partial charge is 0.467 e. The first kappa shape index (κ1) is 35.2. The number of aryl methyl sites for hydroxylation is 2. The van der Waals surface area contributed by atoms with E-state index in [9.17, 15) is 19.2 Å². The Morgan fingerprint density at radius 1 is 0.611 bits per heavy atom. The van der Waals surface area contributed by atoms with Crippen molar-refractivity contribution in [3.05, 3.63) is 124 Å². The van der Waals surface area contributed by atoms with Gasteiger partial charge in [-0.3, -0.25) is 9.80 Å². The number of methoxy groups -OCH3 is 4. The van der Waals surface area contributed by atoms with Gasteiger partial charge in [0.1, 0.15) is 18.2 Å². The molecule has 4 aliphatic rings. The number of anilines is 1. The summed E-state index contributed by atoms with van der Waals surface area (Å²) in [5, 5.41) is 3.57. The van der Waals surface area contributed by atoms with Gasteiger partial charge in [-0.15, -0.1) is 0 Å². The quantitative estimate of drug-likeness (QED) is 0.188. The zero-order valence-corrected chi connectivity index (χ0v) is 31.2. The van der Waals surface area contributed by atoms with Crippen molar-refractivity contribution < 1.29 is 38.1 Å². The first-order valence-electron chi connectivity index (χ1n) is 18.1. The van der Waals surface area contributed by atoms with Crippen molar-refractivity contribution in [3.8, 4) is 11.1 Å². The van der Waals surface area contributed by atoms with E-state index >= 15 is 0 Å². The molecule has 0 aromatic heterocycles. The number of ether oxygens (including phenoxy) is 4. The Kier molecular flexibility index (Phi) is 8.43. The summed E-state index contributed by atoms with van der Waals surface area (Å²) in [5.41, 5.74) is 8.46. The Hall–Kier alpha value is -5.84. The highest BCUT2D eigenvalue weighted by atomic mass is 16.6. The Balaban J connectivity index is 1.29. The number of nitrogens with one attached hydrogen (secondary N) is 1. The smallest absolute Gasteiger partial charge is 0.411 e. The summed E-state index contributed by atoms with van der Waals surface area (Å²) in [6.45, 7) is 4.06. The molecule has 6 atom stereocenters. The second kappa shape index (κ2) is 12.9. The van der Waals surface area contributed by atoms with Gasteiger partial charge in [0.15, 0.2) is 0 Å². The second-order valence-electron chi connectivity index (χ2n) is 14.8. The molecule has 11 heteroatoms. The van der Waals surface area contributed by atoms with Crippen LogP contribution in [-0.4, -0.2) is 86.7 Å². The number of carbonyl (C=O) groups excluding carboxylic acids is 4. The van der Waals surface area contributed by atoms with Crippen LogP contribution >= 0.6 is 0 Å². The monoisotopic (exact) mass is 729 g/mol. The van der Waals surface area contributed by atoms with Crippen LogP contribution in [0.5, 0.6) is 0 Å². The van der Waals surface area contributed by atoms with Crippen LogP contribution in [0.15, 0.2) is 84.9 Å². The average molecular weight is 730 g/mol. The van der Waals surface area contributed by atoms with Crippen molar-refractivity contribution in [1.29, 1.82) is 0 Å². The molecule has 2 amide bonds. The van der Waals surface area contributed by atoms with E-state index in [1.165, 1.54) is 33.3 Å². The minimum atomic E-state index is -0.882. The van der Waals surface area contributed by atoms with Crippen LogP contribution in [0.25, 0.3) is 11.1 Å². The van der Waals surface area contributed by atoms with Gasteiger partial charge in [-0.2, -0.15) is 0 Å². The van der Waals surface area contributed by atoms with Crippen molar-refractivity contribution in [2.45, 2.75) is 68.2 Å². The third-order valence-corrected chi connectivity index (χ3v) is 12.3. The fourth-order valence-electron chi connectivity index (χ4n) is 9.82. The molecule has 0 radical (unpaired) electrons. The van der Waals surface area contributed by atoms with Gasteiger partial charge >= 0.3 is 24.1 Å². The van der Waals surface area contributed by atoms with E-state index < -0.39 is 53.2 Å². The summed E-state index contributed by atoms with van der Waals surface area (Å²) in [7, 11) is 5.32. The molecule has 54 heavy (non-hydrogen) atoms. The number of nitrogens with zero attached hydrogens (tertiary/aromatic N) is 2. The molecule has 3 heterocycles. The number of carbonyl (C=O) groups is 4. The number of amides is 2. The van der Waals surface area contributed by atoms with E-state index in [0.717, 1.165) is 55.8 Å². The zero-order chi connectivity index (χ0) is 38.1. The third kappa shape index (κ3) is 4.93. The number of hydrogen-bond donors (Lipinski definition) is 1. The van der Waals surface area contributed by atoms with Crippen LogP contribution in [0.2, 0.25) is 0 Å². The summed E-state index contributed by atoms with van der Waals surface area (Å²) in [6, 6.07) is 27.1. The normalized spacial score (nSPS) is 25.9. The van der Waals surface area contributed by atoms with Crippen LogP contribution in [-0.2, 0) is 45.8 Å². The summed E-state index contributed by atoms with van der Waals surface area (Å²) in [4.78, 5) is 56.4. The van der Waals surface area contributed by atoms with Gasteiger partial charge in [0, 0.05) is 11.1 Å². The molecule has 8 rings (SSSR count). The van der Waals surface area contributed by atoms with Crippen LogP contribution < -0.4 is 5.32 Å². The Labute approximate surface area is 314 Å². The number of benzene rings is 4. The first-order valence-corrected chi connectivity index (χ1v) is 18.1. The van der Waals surface area contributed by atoms with Gasteiger partial charge in [-0.25, -0.2) is 19.2 Å². The van der Waals surface area contributed by atoms with Gasteiger partial charge in [0.2, 0.25) is 0 Å². The number of fused-ring (bicyclic) bond motifs is 6. The van der Waals surface area contributed by atoms with E-state index in [1.54, 1.807) is 4.90 Å². The summed E-state index contributed by atoms with van der Waals surface area (Å²) in [5.74, 6) is -0.998. The van der Waals surface area contributed by atoms with Crippen LogP contribution in [0, 0.1) is 13.8 Å². The minimum absolute atomic E-state index is 0.284. The number of hydrogen-bond acceptors (Lipinski definition) is 9. The zero-order valence-electron chi connectivity index (χ0n) is 31.2. The SMILES string of the molecule is COC(=O)[C@@H]1C[C@@]2(c3ccc(C)cc3)c3cc(-c4ccc5c(c4)[C@]4(c6ccc(C)cc6)C[C@@H](C(=O)OC)N(C(=O)OC)[C@@H]4N5)ccc3C[C@H]2N1C(=O)OC. The molecule has 2 saturated heterocycles.